The quantitative estimate of drug-likeness (QED) is 0.574. The maximum atomic E-state index is 5.46. The molecule has 0 aliphatic heterocycles. The summed E-state index contributed by atoms with van der Waals surface area (Å²) in [5, 5.41) is 3.34. The summed E-state index contributed by atoms with van der Waals surface area (Å²) in [6.45, 7) is 0.978. The summed E-state index contributed by atoms with van der Waals surface area (Å²) < 4.78 is 0. The molecule has 0 aromatic heterocycles. The molecule has 0 heterocycles. The van der Waals surface area contributed by atoms with E-state index >= 15 is 0 Å². The van der Waals surface area contributed by atoms with E-state index in [4.69, 9.17) is 11.6 Å². The van der Waals surface area contributed by atoms with Crippen LogP contribution in [-0.4, -0.2) is 18.5 Å². The van der Waals surface area contributed by atoms with Crippen LogP contribution < -0.4 is 5.32 Å². The summed E-state index contributed by atoms with van der Waals surface area (Å²) in [5.74, 6) is 0.747. The summed E-state index contributed by atoms with van der Waals surface area (Å²) in [6, 6.07) is 0.800. The fourth-order valence-electron chi connectivity index (χ4n) is 0.871. The Bertz CT molecular complexity index is 61.5. The van der Waals surface area contributed by atoms with Gasteiger partial charge in [0.05, 0.1) is 0 Å². The molecule has 0 atom stereocenters. The molecular formula is C6H12ClN. The van der Waals surface area contributed by atoms with Gasteiger partial charge in [0.15, 0.2) is 0 Å². The SMILES string of the molecule is ClCCNC1CCC1. The molecule has 0 radical (unpaired) electrons. The second-order valence-corrected chi connectivity index (χ2v) is 2.65. The Hall–Kier alpha value is 0.250. The van der Waals surface area contributed by atoms with Crippen molar-refractivity contribution in [3.05, 3.63) is 0 Å². The zero-order chi connectivity index (χ0) is 5.82. The fourth-order valence-corrected chi connectivity index (χ4v) is 0.980. The molecule has 1 nitrogen and oxygen atoms in total. The van der Waals surface area contributed by atoms with E-state index in [1.807, 2.05) is 0 Å². The summed E-state index contributed by atoms with van der Waals surface area (Å²) >= 11 is 5.46. The van der Waals surface area contributed by atoms with Gasteiger partial charge in [-0.1, -0.05) is 6.42 Å². The molecule has 1 aliphatic carbocycles. The lowest BCUT2D eigenvalue weighted by molar-refractivity contribution is 0.347. The highest BCUT2D eigenvalue weighted by Crippen LogP contribution is 2.17. The highest BCUT2D eigenvalue weighted by atomic mass is 35.5. The Morgan fingerprint density at radius 3 is 2.62 bits per heavy atom. The first-order valence-electron chi connectivity index (χ1n) is 3.23. The van der Waals surface area contributed by atoms with E-state index in [1.54, 1.807) is 0 Å². The van der Waals surface area contributed by atoms with Crippen molar-refractivity contribution in [3.8, 4) is 0 Å². The lowest BCUT2D eigenvalue weighted by Gasteiger charge is -2.25. The van der Waals surface area contributed by atoms with Crippen LogP contribution in [0, 0.1) is 0 Å². The number of hydrogen-bond acceptors (Lipinski definition) is 1. The van der Waals surface area contributed by atoms with E-state index in [0.717, 1.165) is 18.5 Å². The Balaban J connectivity index is 1.86. The van der Waals surface area contributed by atoms with Crippen LogP contribution in [0.2, 0.25) is 0 Å². The van der Waals surface area contributed by atoms with Crippen LogP contribution >= 0.6 is 11.6 Å². The van der Waals surface area contributed by atoms with Crippen LogP contribution in [0.25, 0.3) is 0 Å². The fraction of sp³-hybridized carbons (Fsp3) is 1.00. The molecule has 1 saturated carbocycles. The number of alkyl halides is 1. The first-order chi connectivity index (χ1) is 3.93. The van der Waals surface area contributed by atoms with Gasteiger partial charge in [-0.25, -0.2) is 0 Å². The molecule has 1 fully saturated rings. The number of halogens is 1. The minimum atomic E-state index is 0.747. The van der Waals surface area contributed by atoms with Crippen molar-refractivity contribution in [3.63, 3.8) is 0 Å². The minimum Gasteiger partial charge on any atom is -0.313 e. The van der Waals surface area contributed by atoms with Gasteiger partial charge >= 0.3 is 0 Å². The van der Waals surface area contributed by atoms with Gasteiger partial charge in [0.25, 0.3) is 0 Å². The van der Waals surface area contributed by atoms with Gasteiger partial charge in [-0.05, 0) is 12.8 Å². The smallest absolute Gasteiger partial charge is 0.0348 e. The Morgan fingerprint density at radius 1 is 1.50 bits per heavy atom. The molecule has 0 bridgehead atoms. The van der Waals surface area contributed by atoms with Crippen molar-refractivity contribution in [1.82, 2.24) is 5.32 Å². The van der Waals surface area contributed by atoms with Crippen molar-refractivity contribution in [1.29, 1.82) is 0 Å². The van der Waals surface area contributed by atoms with E-state index in [1.165, 1.54) is 19.3 Å². The number of nitrogens with one attached hydrogen (secondary N) is 1. The van der Waals surface area contributed by atoms with E-state index in [9.17, 15) is 0 Å². The molecule has 48 valence electrons. The molecular weight excluding hydrogens is 122 g/mol. The third kappa shape index (κ3) is 1.64. The number of rotatable bonds is 3. The number of hydrogen-bond donors (Lipinski definition) is 1. The monoisotopic (exact) mass is 133 g/mol. The molecule has 0 spiro atoms. The highest BCUT2D eigenvalue weighted by molar-refractivity contribution is 6.18. The normalized spacial score (nSPS) is 20.6. The first-order valence-corrected chi connectivity index (χ1v) is 3.76. The van der Waals surface area contributed by atoms with E-state index in [-0.39, 0.29) is 0 Å². The molecule has 0 aromatic rings. The van der Waals surface area contributed by atoms with E-state index in [2.05, 4.69) is 5.32 Å². The van der Waals surface area contributed by atoms with Gasteiger partial charge in [-0.15, -0.1) is 11.6 Å². The van der Waals surface area contributed by atoms with Crippen LogP contribution in [-0.2, 0) is 0 Å². The predicted octanol–water partition coefficient (Wildman–Crippen LogP) is 1.37. The third-order valence-corrected chi connectivity index (χ3v) is 1.82. The van der Waals surface area contributed by atoms with Crippen molar-refractivity contribution < 1.29 is 0 Å². The molecule has 0 amide bonds. The Morgan fingerprint density at radius 2 is 2.25 bits per heavy atom. The second-order valence-electron chi connectivity index (χ2n) is 2.27. The zero-order valence-corrected chi connectivity index (χ0v) is 5.75. The third-order valence-electron chi connectivity index (χ3n) is 1.63. The highest BCUT2D eigenvalue weighted by Gasteiger charge is 2.14. The molecule has 1 N–H and O–H groups in total. The second kappa shape index (κ2) is 3.31. The van der Waals surface area contributed by atoms with Gasteiger partial charge in [0.1, 0.15) is 0 Å². The van der Waals surface area contributed by atoms with Crippen molar-refractivity contribution in [2.24, 2.45) is 0 Å². The zero-order valence-electron chi connectivity index (χ0n) is 4.99. The maximum Gasteiger partial charge on any atom is 0.0348 e. The summed E-state index contributed by atoms with van der Waals surface area (Å²) in [4.78, 5) is 0. The lowest BCUT2D eigenvalue weighted by Crippen LogP contribution is -2.36. The van der Waals surface area contributed by atoms with Gasteiger partial charge in [-0.3, -0.25) is 0 Å². The summed E-state index contributed by atoms with van der Waals surface area (Å²) in [5.41, 5.74) is 0. The van der Waals surface area contributed by atoms with E-state index < -0.39 is 0 Å². The lowest BCUT2D eigenvalue weighted by atomic mass is 9.93. The topological polar surface area (TPSA) is 12.0 Å². The van der Waals surface area contributed by atoms with Crippen LogP contribution in [0.4, 0.5) is 0 Å². The largest absolute Gasteiger partial charge is 0.313 e. The molecule has 0 saturated heterocycles. The predicted molar refractivity (Wildman–Crippen MR) is 36.4 cm³/mol. The molecule has 2 heteroatoms. The first kappa shape index (κ1) is 6.37. The summed E-state index contributed by atoms with van der Waals surface area (Å²) in [7, 11) is 0. The van der Waals surface area contributed by atoms with Gasteiger partial charge in [0, 0.05) is 18.5 Å². The van der Waals surface area contributed by atoms with Crippen LogP contribution in [0.3, 0.4) is 0 Å². The van der Waals surface area contributed by atoms with Crippen LogP contribution in [0.5, 0.6) is 0 Å². The minimum absolute atomic E-state index is 0.747. The average molecular weight is 134 g/mol. The van der Waals surface area contributed by atoms with Gasteiger partial charge in [0.2, 0.25) is 0 Å². The van der Waals surface area contributed by atoms with Gasteiger partial charge in [-0.2, -0.15) is 0 Å². The molecule has 1 rings (SSSR count). The van der Waals surface area contributed by atoms with Crippen LogP contribution in [0.1, 0.15) is 19.3 Å². The Labute approximate surface area is 55.4 Å². The van der Waals surface area contributed by atoms with E-state index in [0.29, 0.717) is 0 Å². The maximum absolute atomic E-state index is 5.46. The molecule has 1 aliphatic rings. The molecule has 8 heavy (non-hydrogen) atoms. The van der Waals surface area contributed by atoms with Crippen LogP contribution in [0.15, 0.2) is 0 Å². The summed E-state index contributed by atoms with van der Waals surface area (Å²) in [6.07, 6.45) is 4.12. The average Bonchev–Trinajstić information content (AvgIpc) is 1.63. The van der Waals surface area contributed by atoms with Crippen molar-refractivity contribution >= 4 is 11.6 Å². The molecule has 0 aromatic carbocycles. The van der Waals surface area contributed by atoms with Crippen molar-refractivity contribution in [2.75, 3.05) is 12.4 Å². The molecule has 0 unspecified atom stereocenters. The standard InChI is InChI=1S/C6H12ClN/c7-4-5-8-6-2-1-3-6/h6,8H,1-5H2. The van der Waals surface area contributed by atoms with Crippen molar-refractivity contribution in [2.45, 2.75) is 25.3 Å². The van der Waals surface area contributed by atoms with Gasteiger partial charge < -0.3 is 5.32 Å². The Kier molecular flexibility index (Phi) is 2.64.